The van der Waals surface area contributed by atoms with Crippen LogP contribution >= 0.6 is 0 Å². The van der Waals surface area contributed by atoms with E-state index in [2.05, 4.69) is 73.4 Å². The lowest BCUT2D eigenvalue weighted by molar-refractivity contribution is 0.596. The first-order chi connectivity index (χ1) is 8.69. The summed E-state index contributed by atoms with van der Waals surface area (Å²) >= 11 is 0. The third-order valence-electron chi connectivity index (χ3n) is 3.23. The molecule has 0 aliphatic carbocycles. The zero-order valence-electron chi connectivity index (χ0n) is 11.5. The van der Waals surface area contributed by atoms with Crippen molar-refractivity contribution in [1.82, 2.24) is 9.88 Å². The van der Waals surface area contributed by atoms with Gasteiger partial charge >= 0.3 is 0 Å². The Labute approximate surface area is 110 Å². The van der Waals surface area contributed by atoms with E-state index in [0.29, 0.717) is 6.04 Å². The summed E-state index contributed by atoms with van der Waals surface area (Å²) < 4.78 is 2.25. The Hall–Kier alpha value is -1.54. The van der Waals surface area contributed by atoms with Gasteiger partial charge in [-0.15, -0.1) is 0 Å². The van der Waals surface area contributed by atoms with Crippen LogP contribution in [0.2, 0.25) is 0 Å². The van der Waals surface area contributed by atoms with Crippen molar-refractivity contribution in [2.75, 3.05) is 6.54 Å². The lowest BCUT2D eigenvalue weighted by Crippen LogP contribution is -2.17. The summed E-state index contributed by atoms with van der Waals surface area (Å²) in [5.74, 6) is 0. The molecule has 1 unspecified atom stereocenters. The summed E-state index contributed by atoms with van der Waals surface area (Å²) in [5, 5.41) is 3.43. The Bertz CT molecular complexity index is 499. The topological polar surface area (TPSA) is 17.0 Å². The number of rotatable bonds is 5. The molecule has 18 heavy (non-hydrogen) atoms. The molecule has 1 N–H and O–H groups in total. The second-order valence-electron chi connectivity index (χ2n) is 4.89. The van der Waals surface area contributed by atoms with Gasteiger partial charge in [-0.3, -0.25) is 0 Å². The Kier molecular flexibility index (Phi) is 4.21. The van der Waals surface area contributed by atoms with Crippen LogP contribution < -0.4 is 5.32 Å². The van der Waals surface area contributed by atoms with E-state index in [1.807, 2.05) is 0 Å². The molecule has 96 valence electrons. The molecule has 0 saturated heterocycles. The fourth-order valence-corrected chi connectivity index (χ4v) is 2.26. The maximum absolute atomic E-state index is 3.43. The van der Waals surface area contributed by atoms with Gasteiger partial charge in [-0.25, -0.2) is 0 Å². The number of nitrogens with zero attached hydrogens (tertiary/aromatic N) is 1. The van der Waals surface area contributed by atoms with Crippen molar-refractivity contribution < 1.29 is 0 Å². The van der Waals surface area contributed by atoms with E-state index in [4.69, 9.17) is 0 Å². The molecular formula is C16H22N2. The SMILES string of the molecule is CCNC(C)c1ccn(Cc2cccc(C)c2)c1. The Morgan fingerprint density at radius 2 is 2.11 bits per heavy atom. The van der Waals surface area contributed by atoms with E-state index in [9.17, 15) is 0 Å². The highest BCUT2D eigenvalue weighted by atomic mass is 15.0. The number of hydrogen-bond donors (Lipinski definition) is 1. The first-order valence-electron chi connectivity index (χ1n) is 6.63. The van der Waals surface area contributed by atoms with Gasteiger partial charge < -0.3 is 9.88 Å². The van der Waals surface area contributed by atoms with Crippen LogP contribution in [0.25, 0.3) is 0 Å². The molecule has 2 nitrogen and oxygen atoms in total. The van der Waals surface area contributed by atoms with Gasteiger partial charge in [0.25, 0.3) is 0 Å². The fraction of sp³-hybridized carbons (Fsp3) is 0.375. The zero-order valence-corrected chi connectivity index (χ0v) is 11.5. The number of aryl methyl sites for hydroxylation is 1. The Morgan fingerprint density at radius 1 is 1.28 bits per heavy atom. The number of aromatic nitrogens is 1. The van der Waals surface area contributed by atoms with Gasteiger partial charge in [0.05, 0.1) is 0 Å². The minimum absolute atomic E-state index is 0.425. The second-order valence-corrected chi connectivity index (χ2v) is 4.89. The number of benzene rings is 1. The quantitative estimate of drug-likeness (QED) is 0.849. The van der Waals surface area contributed by atoms with Crippen molar-refractivity contribution >= 4 is 0 Å². The standard InChI is InChI=1S/C16H22N2/c1-4-17-14(3)16-8-9-18(12-16)11-15-7-5-6-13(2)10-15/h5-10,12,14,17H,4,11H2,1-3H3. The lowest BCUT2D eigenvalue weighted by Gasteiger charge is -2.10. The maximum atomic E-state index is 3.43. The molecule has 0 saturated carbocycles. The summed E-state index contributed by atoms with van der Waals surface area (Å²) in [5.41, 5.74) is 4.03. The molecule has 2 rings (SSSR count). The van der Waals surface area contributed by atoms with E-state index in [1.54, 1.807) is 0 Å². The molecule has 0 spiro atoms. The third kappa shape index (κ3) is 3.23. The molecule has 2 heteroatoms. The van der Waals surface area contributed by atoms with Crippen LogP contribution in [-0.4, -0.2) is 11.1 Å². The first-order valence-corrected chi connectivity index (χ1v) is 6.63. The first kappa shape index (κ1) is 12.9. The highest BCUT2D eigenvalue weighted by Gasteiger charge is 2.05. The highest BCUT2D eigenvalue weighted by Crippen LogP contribution is 2.14. The van der Waals surface area contributed by atoms with Crippen molar-refractivity contribution in [2.24, 2.45) is 0 Å². The fourth-order valence-electron chi connectivity index (χ4n) is 2.26. The molecule has 0 fully saturated rings. The molecule has 1 aromatic carbocycles. The summed E-state index contributed by atoms with van der Waals surface area (Å²) in [4.78, 5) is 0. The summed E-state index contributed by atoms with van der Waals surface area (Å²) in [7, 11) is 0. The molecule has 0 amide bonds. The van der Waals surface area contributed by atoms with Crippen LogP contribution in [0, 0.1) is 6.92 Å². The van der Waals surface area contributed by atoms with Crippen LogP contribution in [0.5, 0.6) is 0 Å². The average molecular weight is 242 g/mol. The van der Waals surface area contributed by atoms with Crippen LogP contribution in [0.4, 0.5) is 0 Å². The van der Waals surface area contributed by atoms with E-state index in [-0.39, 0.29) is 0 Å². The van der Waals surface area contributed by atoms with Gasteiger partial charge in [0.1, 0.15) is 0 Å². The summed E-state index contributed by atoms with van der Waals surface area (Å²) in [6, 6.07) is 11.3. The molecule has 1 atom stereocenters. The van der Waals surface area contributed by atoms with Crippen molar-refractivity contribution in [3.8, 4) is 0 Å². The van der Waals surface area contributed by atoms with Crippen molar-refractivity contribution in [3.63, 3.8) is 0 Å². The van der Waals surface area contributed by atoms with Gasteiger partial charge in [-0.1, -0.05) is 36.8 Å². The monoisotopic (exact) mass is 242 g/mol. The molecule has 2 aromatic rings. The number of hydrogen-bond acceptors (Lipinski definition) is 1. The molecule has 0 aliphatic rings. The number of nitrogens with one attached hydrogen (secondary N) is 1. The summed E-state index contributed by atoms with van der Waals surface area (Å²) in [6.07, 6.45) is 4.39. The molecule has 0 radical (unpaired) electrons. The minimum atomic E-state index is 0.425. The van der Waals surface area contributed by atoms with Crippen molar-refractivity contribution in [1.29, 1.82) is 0 Å². The lowest BCUT2D eigenvalue weighted by atomic mass is 10.1. The maximum Gasteiger partial charge on any atom is 0.0470 e. The molecule has 0 aliphatic heterocycles. The molecule has 0 bridgehead atoms. The Balaban J connectivity index is 2.06. The van der Waals surface area contributed by atoms with Crippen molar-refractivity contribution in [3.05, 3.63) is 59.4 Å². The summed E-state index contributed by atoms with van der Waals surface area (Å²) in [6.45, 7) is 8.43. The van der Waals surface area contributed by atoms with Gasteiger partial charge in [-0.2, -0.15) is 0 Å². The third-order valence-corrected chi connectivity index (χ3v) is 3.23. The zero-order chi connectivity index (χ0) is 13.0. The van der Waals surface area contributed by atoms with Crippen LogP contribution in [-0.2, 0) is 6.54 Å². The van der Waals surface area contributed by atoms with Gasteiger partial charge in [0.2, 0.25) is 0 Å². The molecular weight excluding hydrogens is 220 g/mol. The van der Waals surface area contributed by atoms with Gasteiger partial charge in [-0.05, 0) is 37.6 Å². The minimum Gasteiger partial charge on any atom is -0.350 e. The van der Waals surface area contributed by atoms with E-state index >= 15 is 0 Å². The van der Waals surface area contributed by atoms with Gasteiger partial charge in [0.15, 0.2) is 0 Å². The van der Waals surface area contributed by atoms with E-state index in [1.165, 1.54) is 16.7 Å². The van der Waals surface area contributed by atoms with E-state index < -0.39 is 0 Å². The van der Waals surface area contributed by atoms with Crippen LogP contribution in [0.1, 0.15) is 36.6 Å². The molecule has 1 aromatic heterocycles. The second kappa shape index (κ2) is 5.87. The van der Waals surface area contributed by atoms with Crippen LogP contribution in [0.3, 0.4) is 0 Å². The average Bonchev–Trinajstić information content (AvgIpc) is 2.78. The smallest absolute Gasteiger partial charge is 0.0470 e. The van der Waals surface area contributed by atoms with Crippen LogP contribution in [0.15, 0.2) is 42.7 Å². The normalized spacial score (nSPS) is 12.6. The Morgan fingerprint density at radius 3 is 2.83 bits per heavy atom. The largest absolute Gasteiger partial charge is 0.350 e. The van der Waals surface area contributed by atoms with Gasteiger partial charge in [0, 0.05) is 25.0 Å². The highest BCUT2D eigenvalue weighted by molar-refractivity contribution is 5.23. The molecule has 1 heterocycles. The van der Waals surface area contributed by atoms with E-state index in [0.717, 1.165) is 13.1 Å². The predicted molar refractivity (Wildman–Crippen MR) is 76.8 cm³/mol. The van der Waals surface area contributed by atoms with Crippen molar-refractivity contribution in [2.45, 2.75) is 33.4 Å². The predicted octanol–water partition coefficient (Wildman–Crippen LogP) is 3.52.